The van der Waals surface area contributed by atoms with Gasteiger partial charge in [0.15, 0.2) is 0 Å². The third kappa shape index (κ3) is 2.19. The van der Waals surface area contributed by atoms with Crippen LogP contribution in [0.5, 0.6) is 0 Å². The van der Waals surface area contributed by atoms with Gasteiger partial charge in [0, 0.05) is 12.2 Å². The molecule has 0 spiro atoms. The van der Waals surface area contributed by atoms with Crippen LogP contribution in [0.3, 0.4) is 0 Å². The number of benzene rings is 1. The Morgan fingerprint density at radius 3 is 2.71 bits per heavy atom. The molecule has 0 amide bonds. The maximum absolute atomic E-state index is 13.9. The van der Waals surface area contributed by atoms with E-state index >= 15 is 0 Å². The summed E-state index contributed by atoms with van der Waals surface area (Å²) < 4.78 is 33.1. The second-order valence-corrected chi connectivity index (χ2v) is 4.72. The SMILES string of the molecule is Cc1ccc(F)c(C(N)C2OCCC2C)c1F. The van der Waals surface area contributed by atoms with Crippen molar-refractivity contribution in [1.82, 2.24) is 0 Å². The van der Waals surface area contributed by atoms with Gasteiger partial charge in [-0.1, -0.05) is 13.0 Å². The zero-order valence-electron chi connectivity index (χ0n) is 10.0. The number of halogens is 2. The highest BCUT2D eigenvalue weighted by Crippen LogP contribution is 2.32. The molecule has 1 aliphatic heterocycles. The molecule has 0 radical (unpaired) electrons. The number of hydrogen-bond acceptors (Lipinski definition) is 2. The zero-order valence-corrected chi connectivity index (χ0v) is 10.0. The Morgan fingerprint density at radius 1 is 1.41 bits per heavy atom. The largest absolute Gasteiger partial charge is 0.376 e. The molecule has 1 saturated heterocycles. The number of aryl methyl sites for hydroxylation is 1. The lowest BCUT2D eigenvalue weighted by Crippen LogP contribution is -2.31. The van der Waals surface area contributed by atoms with E-state index in [0.717, 1.165) is 6.42 Å². The molecule has 1 aromatic carbocycles. The topological polar surface area (TPSA) is 35.2 Å². The molecule has 4 heteroatoms. The fraction of sp³-hybridized carbons (Fsp3) is 0.538. The van der Waals surface area contributed by atoms with Crippen LogP contribution in [0.15, 0.2) is 12.1 Å². The van der Waals surface area contributed by atoms with Gasteiger partial charge < -0.3 is 10.5 Å². The van der Waals surface area contributed by atoms with Crippen LogP contribution < -0.4 is 5.73 Å². The van der Waals surface area contributed by atoms with E-state index in [2.05, 4.69) is 0 Å². The standard InChI is InChI=1S/C13H17F2NO/c1-7-3-4-9(14)10(11(7)15)12(16)13-8(2)5-6-17-13/h3-4,8,12-13H,5-6,16H2,1-2H3. The van der Waals surface area contributed by atoms with Crippen molar-refractivity contribution in [1.29, 1.82) is 0 Å². The fourth-order valence-corrected chi connectivity index (χ4v) is 2.32. The van der Waals surface area contributed by atoms with E-state index in [1.807, 2.05) is 6.92 Å². The van der Waals surface area contributed by atoms with E-state index in [9.17, 15) is 8.78 Å². The quantitative estimate of drug-likeness (QED) is 0.864. The normalized spacial score (nSPS) is 26.2. The van der Waals surface area contributed by atoms with Crippen LogP contribution in [0, 0.1) is 24.5 Å². The molecule has 1 fully saturated rings. The molecule has 1 heterocycles. The Kier molecular flexibility index (Phi) is 3.45. The van der Waals surface area contributed by atoms with E-state index in [1.54, 1.807) is 6.92 Å². The maximum atomic E-state index is 13.9. The van der Waals surface area contributed by atoms with Gasteiger partial charge in [-0.25, -0.2) is 8.78 Å². The van der Waals surface area contributed by atoms with Gasteiger partial charge in [0.1, 0.15) is 11.6 Å². The van der Waals surface area contributed by atoms with Crippen molar-refractivity contribution in [2.75, 3.05) is 6.61 Å². The van der Waals surface area contributed by atoms with E-state index in [1.165, 1.54) is 12.1 Å². The van der Waals surface area contributed by atoms with E-state index in [-0.39, 0.29) is 17.6 Å². The highest BCUT2D eigenvalue weighted by atomic mass is 19.1. The van der Waals surface area contributed by atoms with Gasteiger partial charge in [0.2, 0.25) is 0 Å². The molecule has 94 valence electrons. The predicted octanol–water partition coefficient (Wildman–Crippen LogP) is 2.70. The summed E-state index contributed by atoms with van der Waals surface area (Å²) in [6, 6.07) is 1.93. The van der Waals surface area contributed by atoms with Crippen molar-refractivity contribution in [3.63, 3.8) is 0 Å². The maximum Gasteiger partial charge on any atom is 0.133 e. The molecular weight excluding hydrogens is 224 g/mol. The molecule has 2 N–H and O–H groups in total. The first-order valence-electron chi connectivity index (χ1n) is 5.84. The van der Waals surface area contributed by atoms with Gasteiger partial charge >= 0.3 is 0 Å². The van der Waals surface area contributed by atoms with Gasteiger partial charge in [-0.15, -0.1) is 0 Å². The second kappa shape index (κ2) is 4.70. The van der Waals surface area contributed by atoms with Crippen molar-refractivity contribution < 1.29 is 13.5 Å². The minimum atomic E-state index is -0.743. The van der Waals surface area contributed by atoms with E-state index in [0.29, 0.717) is 12.2 Å². The van der Waals surface area contributed by atoms with Crippen molar-refractivity contribution in [2.45, 2.75) is 32.4 Å². The van der Waals surface area contributed by atoms with Crippen LogP contribution in [0.4, 0.5) is 8.78 Å². The molecule has 1 aliphatic rings. The Morgan fingerprint density at radius 2 is 2.12 bits per heavy atom. The average Bonchev–Trinajstić information content (AvgIpc) is 2.70. The van der Waals surface area contributed by atoms with Crippen molar-refractivity contribution >= 4 is 0 Å². The monoisotopic (exact) mass is 241 g/mol. The molecule has 3 atom stereocenters. The zero-order chi connectivity index (χ0) is 12.6. The molecule has 0 aromatic heterocycles. The summed E-state index contributed by atoms with van der Waals surface area (Å²) >= 11 is 0. The summed E-state index contributed by atoms with van der Waals surface area (Å²) in [6.45, 7) is 4.20. The minimum absolute atomic E-state index is 0.0521. The number of rotatable bonds is 2. The summed E-state index contributed by atoms with van der Waals surface area (Å²) in [6.07, 6.45) is 0.578. The molecule has 0 aliphatic carbocycles. The molecule has 2 nitrogen and oxygen atoms in total. The first kappa shape index (κ1) is 12.5. The Hall–Kier alpha value is -1.00. The van der Waals surface area contributed by atoms with Crippen LogP contribution in [-0.2, 0) is 4.74 Å². The predicted molar refractivity (Wildman–Crippen MR) is 61.5 cm³/mol. The van der Waals surface area contributed by atoms with Crippen LogP contribution in [0.25, 0.3) is 0 Å². The van der Waals surface area contributed by atoms with Crippen LogP contribution in [0.1, 0.15) is 30.5 Å². The minimum Gasteiger partial charge on any atom is -0.376 e. The summed E-state index contributed by atoms with van der Waals surface area (Å²) in [4.78, 5) is 0. The average molecular weight is 241 g/mol. The fourth-order valence-electron chi connectivity index (χ4n) is 2.32. The highest BCUT2D eigenvalue weighted by Gasteiger charge is 2.33. The molecule has 1 aromatic rings. The smallest absolute Gasteiger partial charge is 0.133 e. The number of ether oxygens (including phenoxy) is 1. The molecule has 2 rings (SSSR count). The Labute approximate surface area is 99.8 Å². The summed E-state index contributed by atoms with van der Waals surface area (Å²) in [5.41, 5.74) is 6.31. The summed E-state index contributed by atoms with van der Waals surface area (Å²) in [5, 5.41) is 0. The van der Waals surface area contributed by atoms with Gasteiger partial charge in [-0.2, -0.15) is 0 Å². The Balaban J connectivity index is 2.36. The molecule has 0 saturated carbocycles. The summed E-state index contributed by atoms with van der Waals surface area (Å²) in [7, 11) is 0. The van der Waals surface area contributed by atoms with Crippen LogP contribution in [-0.4, -0.2) is 12.7 Å². The second-order valence-electron chi connectivity index (χ2n) is 4.72. The number of nitrogens with two attached hydrogens (primary N) is 1. The van der Waals surface area contributed by atoms with Gasteiger partial charge in [0.05, 0.1) is 12.1 Å². The molecule has 3 unspecified atom stereocenters. The first-order valence-corrected chi connectivity index (χ1v) is 5.84. The van der Waals surface area contributed by atoms with Crippen molar-refractivity contribution in [3.05, 3.63) is 34.9 Å². The molecular formula is C13H17F2NO. The van der Waals surface area contributed by atoms with Gasteiger partial charge in [-0.05, 0) is 30.9 Å². The van der Waals surface area contributed by atoms with Gasteiger partial charge in [0.25, 0.3) is 0 Å². The lowest BCUT2D eigenvalue weighted by Gasteiger charge is -2.24. The van der Waals surface area contributed by atoms with Crippen LogP contribution >= 0.6 is 0 Å². The van der Waals surface area contributed by atoms with E-state index < -0.39 is 17.7 Å². The lowest BCUT2D eigenvalue weighted by molar-refractivity contribution is 0.0704. The van der Waals surface area contributed by atoms with Crippen LogP contribution in [0.2, 0.25) is 0 Å². The molecule has 0 bridgehead atoms. The third-order valence-electron chi connectivity index (χ3n) is 3.45. The Bertz CT molecular complexity index is 422. The van der Waals surface area contributed by atoms with Crippen molar-refractivity contribution in [3.8, 4) is 0 Å². The summed E-state index contributed by atoms with van der Waals surface area (Å²) in [5.74, 6) is -0.923. The third-order valence-corrected chi connectivity index (χ3v) is 3.45. The van der Waals surface area contributed by atoms with Gasteiger partial charge in [-0.3, -0.25) is 0 Å². The number of hydrogen-bond donors (Lipinski definition) is 1. The lowest BCUT2D eigenvalue weighted by atomic mass is 9.91. The van der Waals surface area contributed by atoms with Crippen molar-refractivity contribution in [2.24, 2.45) is 11.7 Å². The molecule has 17 heavy (non-hydrogen) atoms. The highest BCUT2D eigenvalue weighted by molar-refractivity contribution is 5.30. The van der Waals surface area contributed by atoms with E-state index in [4.69, 9.17) is 10.5 Å². The first-order chi connectivity index (χ1) is 8.02.